The zero-order valence-corrected chi connectivity index (χ0v) is 19.1. The Labute approximate surface area is 191 Å². The molecule has 2 aromatic carbocycles. The van der Waals surface area contributed by atoms with Gasteiger partial charge in [-0.25, -0.2) is 9.37 Å². The minimum absolute atomic E-state index is 0.114. The van der Waals surface area contributed by atoms with Crippen molar-refractivity contribution in [3.8, 4) is 0 Å². The van der Waals surface area contributed by atoms with Gasteiger partial charge in [0.05, 0.1) is 22.5 Å². The van der Waals surface area contributed by atoms with E-state index in [4.69, 9.17) is 0 Å². The molecule has 2 amide bonds. The highest BCUT2D eigenvalue weighted by Gasteiger charge is 2.14. The highest BCUT2D eigenvalue weighted by atomic mass is 32.2. The van der Waals surface area contributed by atoms with Crippen molar-refractivity contribution in [1.29, 1.82) is 0 Å². The van der Waals surface area contributed by atoms with E-state index in [9.17, 15) is 14.0 Å². The Hall–Kier alpha value is -2.91. The summed E-state index contributed by atoms with van der Waals surface area (Å²) in [5.74, 6) is -0.0825. The number of benzene rings is 2. The first kappa shape index (κ1) is 23.7. The second kappa shape index (κ2) is 11.6. The summed E-state index contributed by atoms with van der Waals surface area (Å²) in [6.07, 6.45) is 0. The second-order valence-corrected chi connectivity index (χ2v) is 8.18. The van der Waals surface area contributed by atoms with E-state index in [1.165, 1.54) is 36.0 Å². The summed E-state index contributed by atoms with van der Waals surface area (Å²) < 4.78 is 15.0. The van der Waals surface area contributed by atoms with Crippen molar-refractivity contribution in [2.45, 2.75) is 20.4 Å². The molecule has 0 saturated heterocycles. The van der Waals surface area contributed by atoms with Gasteiger partial charge in [-0.2, -0.15) is 0 Å². The van der Waals surface area contributed by atoms with Crippen molar-refractivity contribution in [2.24, 2.45) is 0 Å². The van der Waals surface area contributed by atoms with Crippen LogP contribution < -0.4 is 10.6 Å². The predicted octanol–water partition coefficient (Wildman–Crippen LogP) is 3.83. The minimum Gasteiger partial charge on any atom is -0.325 e. The number of imidazole rings is 1. The molecule has 0 bridgehead atoms. The van der Waals surface area contributed by atoms with E-state index in [0.29, 0.717) is 18.2 Å². The maximum absolute atomic E-state index is 12.9. The number of amides is 2. The largest absolute Gasteiger partial charge is 0.325 e. The van der Waals surface area contributed by atoms with Gasteiger partial charge < -0.3 is 14.8 Å². The van der Waals surface area contributed by atoms with Crippen LogP contribution >= 0.6 is 11.8 Å². The lowest BCUT2D eigenvalue weighted by molar-refractivity contribution is -0.114. The van der Waals surface area contributed by atoms with Gasteiger partial charge in [-0.05, 0) is 49.5 Å². The maximum Gasteiger partial charge on any atom is 0.236 e. The van der Waals surface area contributed by atoms with Gasteiger partial charge >= 0.3 is 0 Å². The summed E-state index contributed by atoms with van der Waals surface area (Å²) in [5, 5.41) is 5.57. The Morgan fingerprint density at radius 1 is 1.00 bits per heavy atom. The van der Waals surface area contributed by atoms with E-state index in [0.717, 1.165) is 30.7 Å². The minimum atomic E-state index is -0.364. The Morgan fingerprint density at radius 3 is 2.34 bits per heavy atom. The molecular formula is C23H28FN5O2S. The topological polar surface area (TPSA) is 79.3 Å². The molecule has 2 N–H and O–H groups in total. The molecule has 3 aromatic rings. The number of hydrogen-bond acceptors (Lipinski definition) is 5. The van der Waals surface area contributed by atoms with E-state index in [1.54, 1.807) is 0 Å². The molecule has 1 heterocycles. The van der Waals surface area contributed by atoms with Crippen LogP contribution in [0.3, 0.4) is 0 Å². The first-order chi connectivity index (χ1) is 15.5. The summed E-state index contributed by atoms with van der Waals surface area (Å²) in [7, 11) is 0. The average Bonchev–Trinajstić information content (AvgIpc) is 3.13. The number of carbonyl (C=O) groups is 2. The molecule has 3 rings (SSSR count). The SMILES string of the molecule is CCN(CC)CCn1c(NC(=O)CSCC(=O)Nc2ccc(F)cc2)nc2ccccc21. The second-order valence-electron chi connectivity index (χ2n) is 7.20. The number of rotatable bonds is 11. The molecule has 0 saturated carbocycles. The molecule has 0 radical (unpaired) electrons. The third-order valence-electron chi connectivity index (χ3n) is 5.03. The number of aromatic nitrogens is 2. The summed E-state index contributed by atoms with van der Waals surface area (Å²) >= 11 is 1.21. The van der Waals surface area contributed by atoms with Gasteiger partial charge in [0.15, 0.2) is 0 Å². The normalized spacial score (nSPS) is 11.1. The van der Waals surface area contributed by atoms with Crippen LogP contribution in [0.15, 0.2) is 48.5 Å². The lowest BCUT2D eigenvalue weighted by Crippen LogP contribution is -2.28. The van der Waals surface area contributed by atoms with E-state index in [2.05, 4.69) is 34.4 Å². The van der Waals surface area contributed by atoms with E-state index in [1.807, 2.05) is 28.8 Å². The molecule has 32 heavy (non-hydrogen) atoms. The van der Waals surface area contributed by atoms with Crippen LogP contribution in [-0.4, -0.2) is 57.4 Å². The first-order valence-corrected chi connectivity index (χ1v) is 11.8. The summed E-state index contributed by atoms with van der Waals surface area (Å²) in [6, 6.07) is 13.3. The summed E-state index contributed by atoms with van der Waals surface area (Å²) in [6.45, 7) is 7.74. The molecule has 0 unspecified atom stereocenters. The van der Waals surface area contributed by atoms with Gasteiger partial charge in [0.2, 0.25) is 17.8 Å². The van der Waals surface area contributed by atoms with Crippen LogP contribution in [0.25, 0.3) is 11.0 Å². The predicted molar refractivity (Wildman–Crippen MR) is 129 cm³/mol. The van der Waals surface area contributed by atoms with Gasteiger partial charge in [0.25, 0.3) is 0 Å². The van der Waals surface area contributed by atoms with Gasteiger partial charge in [-0.3, -0.25) is 14.9 Å². The quantitative estimate of drug-likeness (QED) is 0.458. The van der Waals surface area contributed by atoms with Crippen molar-refractivity contribution in [3.63, 3.8) is 0 Å². The fraction of sp³-hybridized carbons (Fsp3) is 0.348. The average molecular weight is 458 g/mol. The molecule has 0 aliphatic heterocycles. The van der Waals surface area contributed by atoms with Gasteiger partial charge in [0, 0.05) is 18.8 Å². The molecular weight excluding hydrogens is 429 g/mol. The van der Waals surface area contributed by atoms with Crippen LogP contribution in [0.5, 0.6) is 0 Å². The third kappa shape index (κ3) is 6.54. The molecule has 0 atom stereocenters. The van der Waals surface area contributed by atoms with Crippen LogP contribution in [0, 0.1) is 5.82 Å². The number of nitrogens with zero attached hydrogens (tertiary/aromatic N) is 3. The van der Waals surface area contributed by atoms with Crippen molar-refractivity contribution in [2.75, 3.05) is 41.8 Å². The maximum atomic E-state index is 12.9. The lowest BCUT2D eigenvalue weighted by atomic mass is 10.3. The van der Waals surface area contributed by atoms with E-state index < -0.39 is 0 Å². The van der Waals surface area contributed by atoms with E-state index in [-0.39, 0.29) is 29.1 Å². The molecule has 0 aliphatic carbocycles. The Kier molecular flexibility index (Phi) is 8.64. The van der Waals surface area contributed by atoms with E-state index >= 15 is 0 Å². The number of hydrogen-bond donors (Lipinski definition) is 2. The van der Waals surface area contributed by atoms with Crippen molar-refractivity contribution < 1.29 is 14.0 Å². The van der Waals surface area contributed by atoms with Crippen LogP contribution in [0.4, 0.5) is 16.0 Å². The molecule has 0 fully saturated rings. The highest BCUT2D eigenvalue weighted by molar-refractivity contribution is 8.00. The standard InChI is InChI=1S/C23H28FN5O2S/c1-3-28(4-2)13-14-29-20-8-6-5-7-19(20)26-23(29)27-22(31)16-32-15-21(30)25-18-11-9-17(24)10-12-18/h5-12H,3-4,13-16H2,1-2H3,(H,25,30)(H,26,27,31). The number of fused-ring (bicyclic) bond motifs is 1. The summed E-state index contributed by atoms with van der Waals surface area (Å²) in [4.78, 5) is 31.4. The number of thioether (sulfide) groups is 1. The number of likely N-dealkylation sites (N-methyl/N-ethyl adjacent to an activating group) is 1. The van der Waals surface area contributed by atoms with Crippen LogP contribution in [0.1, 0.15) is 13.8 Å². The smallest absolute Gasteiger partial charge is 0.236 e. The van der Waals surface area contributed by atoms with Gasteiger partial charge in [-0.1, -0.05) is 26.0 Å². The Morgan fingerprint density at radius 2 is 1.66 bits per heavy atom. The van der Waals surface area contributed by atoms with Crippen LogP contribution in [0.2, 0.25) is 0 Å². The first-order valence-electron chi connectivity index (χ1n) is 10.6. The number of anilines is 2. The fourth-order valence-corrected chi connectivity index (χ4v) is 3.92. The van der Waals surface area contributed by atoms with Gasteiger partial charge in [-0.15, -0.1) is 11.8 Å². The molecule has 170 valence electrons. The Balaban J connectivity index is 1.55. The van der Waals surface area contributed by atoms with Crippen molar-refractivity contribution in [1.82, 2.24) is 14.5 Å². The molecule has 7 nitrogen and oxygen atoms in total. The highest BCUT2D eigenvalue weighted by Crippen LogP contribution is 2.20. The lowest BCUT2D eigenvalue weighted by Gasteiger charge is -2.19. The monoisotopic (exact) mass is 457 g/mol. The van der Waals surface area contributed by atoms with Crippen LogP contribution in [-0.2, 0) is 16.1 Å². The molecule has 9 heteroatoms. The molecule has 1 aromatic heterocycles. The van der Waals surface area contributed by atoms with Crippen molar-refractivity contribution >= 4 is 46.2 Å². The summed E-state index contributed by atoms with van der Waals surface area (Å²) in [5.41, 5.74) is 2.32. The fourth-order valence-electron chi connectivity index (χ4n) is 3.31. The van der Waals surface area contributed by atoms with Crippen molar-refractivity contribution in [3.05, 3.63) is 54.3 Å². The third-order valence-corrected chi connectivity index (χ3v) is 5.97. The zero-order chi connectivity index (χ0) is 22.9. The number of nitrogens with one attached hydrogen (secondary N) is 2. The zero-order valence-electron chi connectivity index (χ0n) is 18.3. The number of halogens is 1. The van der Waals surface area contributed by atoms with Gasteiger partial charge in [0.1, 0.15) is 5.82 Å². The Bertz CT molecular complexity index is 1050. The molecule has 0 spiro atoms. The number of para-hydroxylation sites is 2. The molecule has 0 aliphatic rings. The number of carbonyl (C=O) groups excluding carboxylic acids is 2.